The van der Waals surface area contributed by atoms with Crippen molar-refractivity contribution in [3.8, 4) is 0 Å². The number of anilines is 1. The van der Waals surface area contributed by atoms with Gasteiger partial charge in [-0.1, -0.05) is 6.42 Å². The summed E-state index contributed by atoms with van der Waals surface area (Å²) in [5, 5.41) is 6.19. The molecule has 1 aliphatic rings. The van der Waals surface area contributed by atoms with Gasteiger partial charge in [0.1, 0.15) is 5.69 Å². The summed E-state index contributed by atoms with van der Waals surface area (Å²) < 4.78 is 0. The minimum atomic E-state index is -0.120. The van der Waals surface area contributed by atoms with E-state index < -0.39 is 0 Å². The van der Waals surface area contributed by atoms with Crippen LogP contribution in [-0.4, -0.2) is 48.0 Å². The van der Waals surface area contributed by atoms with Crippen LogP contribution in [0.15, 0.2) is 18.3 Å². The minimum Gasteiger partial charge on any atom is -0.383 e. The van der Waals surface area contributed by atoms with Gasteiger partial charge in [-0.2, -0.15) is 0 Å². The SMILES string of the molecule is CCNC(=O)c1cc(NCC(C)N2CCCCC2)ccn1. The number of carbonyl (C=O) groups excluding carboxylic acids is 1. The number of nitrogens with one attached hydrogen (secondary N) is 2. The summed E-state index contributed by atoms with van der Waals surface area (Å²) in [6.45, 7) is 8.06. The lowest BCUT2D eigenvalue weighted by Gasteiger charge is -2.32. The third kappa shape index (κ3) is 4.70. The largest absolute Gasteiger partial charge is 0.383 e. The highest BCUT2D eigenvalue weighted by Gasteiger charge is 2.16. The molecule has 0 bridgehead atoms. The van der Waals surface area contributed by atoms with Gasteiger partial charge in [-0.3, -0.25) is 14.7 Å². The second-order valence-corrected chi connectivity index (χ2v) is 5.62. The first kappa shape index (κ1) is 15.8. The van der Waals surface area contributed by atoms with E-state index in [2.05, 4.69) is 27.4 Å². The Morgan fingerprint density at radius 3 is 2.86 bits per heavy atom. The fourth-order valence-corrected chi connectivity index (χ4v) is 2.67. The van der Waals surface area contributed by atoms with Crippen LogP contribution >= 0.6 is 0 Å². The number of pyridine rings is 1. The second-order valence-electron chi connectivity index (χ2n) is 5.62. The minimum absolute atomic E-state index is 0.120. The summed E-state index contributed by atoms with van der Waals surface area (Å²) in [5.74, 6) is -0.120. The molecule has 1 amide bonds. The molecule has 2 N–H and O–H groups in total. The fourth-order valence-electron chi connectivity index (χ4n) is 2.67. The van der Waals surface area contributed by atoms with Crippen LogP contribution in [0.2, 0.25) is 0 Å². The van der Waals surface area contributed by atoms with E-state index in [1.165, 1.54) is 32.4 Å². The van der Waals surface area contributed by atoms with Crippen molar-refractivity contribution < 1.29 is 4.79 Å². The average Bonchev–Trinajstić information content (AvgIpc) is 2.54. The summed E-state index contributed by atoms with van der Waals surface area (Å²) in [6, 6.07) is 4.23. The zero-order valence-corrected chi connectivity index (χ0v) is 13.1. The standard InChI is InChI=1S/C16H26N4O/c1-3-17-16(21)15-11-14(7-8-18-15)19-12-13(2)20-9-5-4-6-10-20/h7-8,11,13H,3-6,9-10,12H2,1-2H3,(H,17,21)(H,18,19). The zero-order valence-electron chi connectivity index (χ0n) is 13.1. The lowest BCUT2D eigenvalue weighted by Crippen LogP contribution is -2.41. The Labute approximate surface area is 127 Å². The number of likely N-dealkylation sites (tertiary alicyclic amines) is 1. The number of aromatic nitrogens is 1. The van der Waals surface area contributed by atoms with Crippen LogP contribution < -0.4 is 10.6 Å². The van der Waals surface area contributed by atoms with Crippen molar-refractivity contribution in [1.82, 2.24) is 15.2 Å². The fraction of sp³-hybridized carbons (Fsp3) is 0.625. The predicted octanol–water partition coefficient (Wildman–Crippen LogP) is 2.12. The molecule has 0 radical (unpaired) electrons. The van der Waals surface area contributed by atoms with Crippen molar-refractivity contribution in [3.05, 3.63) is 24.0 Å². The van der Waals surface area contributed by atoms with Crippen molar-refractivity contribution in [2.45, 2.75) is 39.2 Å². The number of hydrogen-bond acceptors (Lipinski definition) is 4. The Morgan fingerprint density at radius 1 is 1.38 bits per heavy atom. The molecule has 116 valence electrons. The average molecular weight is 290 g/mol. The molecule has 1 aromatic rings. The lowest BCUT2D eigenvalue weighted by molar-refractivity contribution is 0.0951. The molecule has 0 saturated carbocycles. The molecule has 1 atom stereocenters. The number of rotatable bonds is 6. The summed E-state index contributed by atoms with van der Waals surface area (Å²) in [6.07, 6.45) is 5.65. The third-order valence-corrected chi connectivity index (χ3v) is 3.95. The summed E-state index contributed by atoms with van der Waals surface area (Å²) >= 11 is 0. The molecule has 2 heterocycles. The van der Waals surface area contributed by atoms with Gasteiger partial charge in [0.2, 0.25) is 0 Å². The topological polar surface area (TPSA) is 57.3 Å². The molecule has 2 rings (SSSR count). The van der Waals surface area contributed by atoms with Crippen molar-refractivity contribution in [2.75, 3.05) is 31.5 Å². The highest BCUT2D eigenvalue weighted by molar-refractivity contribution is 5.93. The van der Waals surface area contributed by atoms with Crippen LogP contribution in [-0.2, 0) is 0 Å². The normalized spacial score (nSPS) is 17.2. The van der Waals surface area contributed by atoms with E-state index in [0.717, 1.165) is 12.2 Å². The first-order valence-electron chi connectivity index (χ1n) is 7.93. The van der Waals surface area contributed by atoms with Crippen LogP contribution in [0.4, 0.5) is 5.69 Å². The van der Waals surface area contributed by atoms with Crippen molar-refractivity contribution in [2.24, 2.45) is 0 Å². The molecule has 0 aromatic carbocycles. The monoisotopic (exact) mass is 290 g/mol. The first-order chi connectivity index (χ1) is 10.2. The van der Waals surface area contributed by atoms with E-state index >= 15 is 0 Å². The number of amides is 1. The van der Waals surface area contributed by atoms with E-state index in [1.807, 2.05) is 19.1 Å². The van der Waals surface area contributed by atoms with Crippen molar-refractivity contribution in [3.63, 3.8) is 0 Å². The molecular weight excluding hydrogens is 264 g/mol. The Hall–Kier alpha value is -1.62. The van der Waals surface area contributed by atoms with E-state index in [-0.39, 0.29) is 5.91 Å². The molecule has 1 fully saturated rings. The Balaban J connectivity index is 1.87. The summed E-state index contributed by atoms with van der Waals surface area (Å²) in [4.78, 5) is 18.4. The van der Waals surface area contributed by atoms with E-state index in [4.69, 9.17) is 0 Å². The van der Waals surface area contributed by atoms with Crippen LogP contribution in [0, 0.1) is 0 Å². The van der Waals surface area contributed by atoms with E-state index in [1.54, 1.807) is 6.20 Å². The second kappa shape index (κ2) is 7.98. The van der Waals surface area contributed by atoms with Gasteiger partial charge >= 0.3 is 0 Å². The third-order valence-electron chi connectivity index (χ3n) is 3.95. The van der Waals surface area contributed by atoms with Crippen molar-refractivity contribution >= 4 is 11.6 Å². The molecule has 1 unspecified atom stereocenters. The number of nitrogens with zero attached hydrogens (tertiary/aromatic N) is 2. The Morgan fingerprint density at radius 2 is 2.14 bits per heavy atom. The highest BCUT2D eigenvalue weighted by atomic mass is 16.1. The van der Waals surface area contributed by atoms with Gasteiger partial charge in [-0.25, -0.2) is 0 Å². The molecule has 0 aliphatic carbocycles. The highest BCUT2D eigenvalue weighted by Crippen LogP contribution is 2.13. The van der Waals surface area contributed by atoms with Gasteiger partial charge in [0.05, 0.1) is 0 Å². The number of hydrogen-bond donors (Lipinski definition) is 2. The zero-order chi connectivity index (χ0) is 15.1. The summed E-state index contributed by atoms with van der Waals surface area (Å²) in [7, 11) is 0. The van der Waals surface area contributed by atoms with Crippen LogP contribution in [0.25, 0.3) is 0 Å². The molecule has 5 nitrogen and oxygen atoms in total. The number of piperidine rings is 1. The molecule has 21 heavy (non-hydrogen) atoms. The van der Waals surface area contributed by atoms with Gasteiger partial charge in [0.25, 0.3) is 5.91 Å². The lowest BCUT2D eigenvalue weighted by atomic mass is 10.1. The summed E-state index contributed by atoms with van der Waals surface area (Å²) in [5.41, 5.74) is 1.42. The van der Waals surface area contributed by atoms with Gasteiger partial charge in [0.15, 0.2) is 0 Å². The van der Waals surface area contributed by atoms with E-state index in [0.29, 0.717) is 18.3 Å². The van der Waals surface area contributed by atoms with Gasteiger partial charge in [-0.05, 0) is 51.9 Å². The van der Waals surface area contributed by atoms with Crippen LogP contribution in [0.1, 0.15) is 43.6 Å². The molecule has 5 heteroatoms. The quantitative estimate of drug-likeness (QED) is 0.842. The predicted molar refractivity (Wildman–Crippen MR) is 85.6 cm³/mol. The molecule has 0 spiro atoms. The molecule has 1 aromatic heterocycles. The molecule has 1 aliphatic heterocycles. The van der Waals surface area contributed by atoms with Gasteiger partial charge in [0, 0.05) is 31.0 Å². The van der Waals surface area contributed by atoms with Gasteiger partial charge in [-0.15, -0.1) is 0 Å². The number of carbonyl (C=O) groups is 1. The maximum atomic E-state index is 11.8. The first-order valence-corrected chi connectivity index (χ1v) is 7.93. The Bertz CT molecular complexity index is 457. The maximum Gasteiger partial charge on any atom is 0.269 e. The van der Waals surface area contributed by atoms with Crippen LogP contribution in [0.3, 0.4) is 0 Å². The Kier molecular flexibility index (Phi) is 5.99. The molecular formula is C16H26N4O. The molecule has 1 saturated heterocycles. The smallest absolute Gasteiger partial charge is 0.269 e. The van der Waals surface area contributed by atoms with E-state index in [9.17, 15) is 4.79 Å². The maximum absolute atomic E-state index is 11.8. The van der Waals surface area contributed by atoms with Crippen LogP contribution in [0.5, 0.6) is 0 Å². The van der Waals surface area contributed by atoms with Crippen molar-refractivity contribution in [1.29, 1.82) is 0 Å². The van der Waals surface area contributed by atoms with Gasteiger partial charge < -0.3 is 10.6 Å².